The van der Waals surface area contributed by atoms with Crippen LogP contribution in [0.3, 0.4) is 0 Å². The molecule has 0 bridgehead atoms. The van der Waals surface area contributed by atoms with Crippen LogP contribution in [0.4, 0.5) is 0 Å². The largest absolute Gasteiger partial charge is 0.428 e. The molecule has 2 aromatic carbocycles. The zero-order valence-corrected chi connectivity index (χ0v) is 19.1. The second-order valence-electron chi connectivity index (χ2n) is 7.49. The molecular weight excluding hydrogens is 440 g/mol. The highest BCUT2D eigenvalue weighted by Gasteiger charge is 2.09. The standard InChI is InChI=1S/C26H30O8/c27-23(31-19-33-25(29)21-13-7-5-8-14-21)17-11-3-1-2-4-12-18-24(28)32-20-34-26(30)22-15-9-6-10-16-22/h5-10,13-16H,1-4,11-12,17-20H2. The van der Waals surface area contributed by atoms with Crippen molar-refractivity contribution in [2.24, 2.45) is 0 Å². The molecule has 34 heavy (non-hydrogen) atoms. The van der Waals surface area contributed by atoms with Crippen LogP contribution in [0.1, 0.15) is 72.1 Å². The summed E-state index contributed by atoms with van der Waals surface area (Å²) in [5, 5.41) is 0. The van der Waals surface area contributed by atoms with E-state index < -0.39 is 37.5 Å². The Balaban J connectivity index is 1.38. The van der Waals surface area contributed by atoms with Crippen LogP contribution in [0.2, 0.25) is 0 Å². The van der Waals surface area contributed by atoms with Gasteiger partial charge in [-0.15, -0.1) is 0 Å². The van der Waals surface area contributed by atoms with Crippen LogP contribution in [-0.4, -0.2) is 37.5 Å². The molecule has 0 aromatic heterocycles. The molecule has 0 heterocycles. The predicted octanol–water partition coefficient (Wildman–Crippen LogP) is 4.82. The molecule has 2 rings (SSSR count). The van der Waals surface area contributed by atoms with Gasteiger partial charge in [0.05, 0.1) is 11.1 Å². The number of unbranched alkanes of at least 4 members (excludes halogenated alkanes) is 5. The molecule has 0 amide bonds. The van der Waals surface area contributed by atoms with Gasteiger partial charge in [-0.25, -0.2) is 9.59 Å². The third kappa shape index (κ3) is 11.3. The lowest BCUT2D eigenvalue weighted by atomic mass is 10.1. The van der Waals surface area contributed by atoms with E-state index in [1.807, 2.05) is 0 Å². The van der Waals surface area contributed by atoms with Crippen molar-refractivity contribution in [3.05, 3.63) is 71.8 Å². The first-order valence-electron chi connectivity index (χ1n) is 11.3. The van der Waals surface area contributed by atoms with Crippen LogP contribution >= 0.6 is 0 Å². The summed E-state index contributed by atoms with van der Waals surface area (Å²) >= 11 is 0. The molecule has 8 nitrogen and oxygen atoms in total. The molecule has 0 aliphatic heterocycles. The van der Waals surface area contributed by atoms with Gasteiger partial charge in [-0.05, 0) is 37.1 Å². The zero-order chi connectivity index (χ0) is 24.4. The monoisotopic (exact) mass is 470 g/mol. The zero-order valence-electron chi connectivity index (χ0n) is 19.1. The molecule has 0 aliphatic carbocycles. The topological polar surface area (TPSA) is 105 Å². The van der Waals surface area contributed by atoms with Crippen LogP contribution in [0.5, 0.6) is 0 Å². The predicted molar refractivity (Wildman–Crippen MR) is 123 cm³/mol. The van der Waals surface area contributed by atoms with Crippen LogP contribution in [-0.2, 0) is 28.5 Å². The fraction of sp³-hybridized carbons (Fsp3) is 0.385. The Morgan fingerprint density at radius 1 is 0.471 bits per heavy atom. The average Bonchev–Trinajstić information content (AvgIpc) is 2.86. The van der Waals surface area contributed by atoms with Gasteiger partial charge in [0.1, 0.15) is 0 Å². The first-order valence-corrected chi connectivity index (χ1v) is 11.3. The van der Waals surface area contributed by atoms with E-state index in [9.17, 15) is 19.2 Å². The minimum absolute atomic E-state index is 0.261. The maximum Gasteiger partial charge on any atom is 0.340 e. The van der Waals surface area contributed by atoms with Gasteiger partial charge in [0.2, 0.25) is 13.6 Å². The first-order chi connectivity index (χ1) is 16.6. The summed E-state index contributed by atoms with van der Waals surface area (Å²) in [5.74, 6) is -1.89. The summed E-state index contributed by atoms with van der Waals surface area (Å²) < 4.78 is 19.6. The molecule has 0 saturated carbocycles. The number of carbonyl (C=O) groups excluding carboxylic acids is 4. The lowest BCUT2D eigenvalue weighted by molar-refractivity contribution is -0.153. The Kier molecular flexibility index (Phi) is 12.5. The highest BCUT2D eigenvalue weighted by molar-refractivity contribution is 5.89. The van der Waals surface area contributed by atoms with Gasteiger partial charge in [0.15, 0.2) is 0 Å². The number of benzene rings is 2. The summed E-state index contributed by atoms with van der Waals surface area (Å²) in [4.78, 5) is 46.8. The molecule has 0 atom stereocenters. The van der Waals surface area contributed by atoms with Gasteiger partial charge in [0.25, 0.3) is 0 Å². The van der Waals surface area contributed by atoms with E-state index >= 15 is 0 Å². The lowest BCUT2D eigenvalue weighted by Gasteiger charge is -2.07. The van der Waals surface area contributed by atoms with Crippen molar-refractivity contribution < 1.29 is 38.1 Å². The number of esters is 4. The molecule has 0 N–H and O–H groups in total. The molecule has 182 valence electrons. The molecular formula is C26H30O8. The minimum atomic E-state index is -0.537. The van der Waals surface area contributed by atoms with Crippen molar-refractivity contribution in [1.29, 1.82) is 0 Å². The second-order valence-corrected chi connectivity index (χ2v) is 7.49. The smallest absolute Gasteiger partial charge is 0.340 e. The molecule has 8 heteroatoms. The van der Waals surface area contributed by atoms with Crippen LogP contribution in [0, 0.1) is 0 Å². The number of hydrogen-bond donors (Lipinski definition) is 0. The molecule has 2 aromatic rings. The Morgan fingerprint density at radius 2 is 0.824 bits per heavy atom. The Labute approximate surface area is 199 Å². The van der Waals surface area contributed by atoms with Gasteiger partial charge in [-0.3, -0.25) is 9.59 Å². The van der Waals surface area contributed by atoms with Crippen molar-refractivity contribution in [1.82, 2.24) is 0 Å². The third-order valence-electron chi connectivity index (χ3n) is 4.85. The molecule has 0 unspecified atom stereocenters. The van der Waals surface area contributed by atoms with E-state index in [0.29, 0.717) is 24.0 Å². The fourth-order valence-electron chi connectivity index (χ4n) is 3.00. The quantitative estimate of drug-likeness (QED) is 0.207. The van der Waals surface area contributed by atoms with Crippen molar-refractivity contribution in [3.8, 4) is 0 Å². The van der Waals surface area contributed by atoms with Crippen molar-refractivity contribution in [2.75, 3.05) is 13.6 Å². The van der Waals surface area contributed by atoms with Crippen molar-refractivity contribution in [2.45, 2.75) is 51.4 Å². The van der Waals surface area contributed by atoms with Gasteiger partial charge < -0.3 is 18.9 Å². The number of hydrogen-bond acceptors (Lipinski definition) is 8. The Bertz CT molecular complexity index is 820. The van der Waals surface area contributed by atoms with Gasteiger partial charge >= 0.3 is 23.9 Å². The molecule has 0 radical (unpaired) electrons. The van der Waals surface area contributed by atoms with Gasteiger partial charge in [-0.1, -0.05) is 62.1 Å². The summed E-state index contributed by atoms with van der Waals surface area (Å²) in [5.41, 5.74) is 0.802. The normalized spacial score (nSPS) is 10.2. The van der Waals surface area contributed by atoms with Crippen LogP contribution < -0.4 is 0 Å². The molecule has 0 spiro atoms. The van der Waals surface area contributed by atoms with Crippen molar-refractivity contribution >= 4 is 23.9 Å². The lowest BCUT2D eigenvalue weighted by Crippen LogP contribution is -2.12. The second kappa shape index (κ2) is 16.0. The summed E-state index contributed by atoms with van der Waals surface area (Å²) in [6.07, 6.45) is 5.46. The Hall–Kier alpha value is -3.68. The fourth-order valence-corrected chi connectivity index (χ4v) is 3.00. The molecule has 0 fully saturated rings. The summed E-state index contributed by atoms with van der Waals surface area (Å²) in [7, 11) is 0. The van der Waals surface area contributed by atoms with E-state index in [-0.39, 0.29) is 12.8 Å². The van der Waals surface area contributed by atoms with Crippen molar-refractivity contribution in [3.63, 3.8) is 0 Å². The first kappa shape index (κ1) is 26.6. The van der Waals surface area contributed by atoms with E-state index in [2.05, 4.69) is 0 Å². The Morgan fingerprint density at radius 3 is 1.21 bits per heavy atom. The SMILES string of the molecule is O=C(CCCCCCCCC(=O)OCOC(=O)c1ccccc1)OCOC(=O)c1ccccc1. The van der Waals surface area contributed by atoms with E-state index in [1.54, 1.807) is 60.7 Å². The maximum atomic E-state index is 11.7. The van der Waals surface area contributed by atoms with Crippen LogP contribution in [0.15, 0.2) is 60.7 Å². The summed E-state index contributed by atoms with van der Waals surface area (Å²) in [6.45, 7) is -0.789. The van der Waals surface area contributed by atoms with Gasteiger partial charge in [-0.2, -0.15) is 0 Å². The minimum Gasteiger partial charge on any atom is -0.428 e. The molecule has 0 aliphatic rings. The number of carbonyl (C=O) groups is 4. The highest BCUT2D eigenvalue weighted by atomic mass is 16.7. The molecule has 0 saturated heterocycles. The summed E-state index contributed by atoms with van der Waals surface area (Å²) in [6, 6.07) is 17.0. The van der Waals surface area contributed by atoms with E-state index in [4.69, 9.17) is 18.9 Å². The highest BCUT2D eigenvalue weighted by Crippen LogP contribution is 2.10. The number of ether oxygens (including phenoxy) is 4. The van der Waals surface area contributed by atoms with Gasteiger partial charge in [0, 0.05) is 12.8 Å². The number of rotatable bonds is 15. The maximum absolute atomic E-state index is 11.7. The van der Waals surface area contributed by atoms with Crippen LogP contribution in [0.25, 0.3) is 0 Å². The average molecular weight is 471 g/mol. The third-order valence-corrected chi connectivity index (χ3v) is 4.85. The van der Waals surface area contributed by atoms with E-state index in [0.717, 1.165) is 25.7 Å². The van der Waals surface area contributed by atoms with E-state index in [1.165, 1.54) is 0 Å².